The highest BCUT2D eigenvalue weighted by Crippen LogP contribution is 2.15. The summed E-state index contributed by atoms with van der Waals surface area (Å²) >= 11 is 0. The van der Waals surface area contributed by atoms with E-state index in [1.807, 2.05) is 6.07 Å². The number of benzene rings is 2. The minimum Gasteiger partial charge on any atom is -0.449 e. The summed E-state index contributed by atoms with van der Waals surface area (Å²) in [5.41, 5.74) is 2.18. The second-order valence-electron chi connectivity index (χ2n) is 5.45. The molecule has 1 amide bonds. The highest BCUT2D eigenvalue weighted by atomic mass is 16.5. The Balaban J connectivity index is 1.69. The first kappa shape index (κ1) is 17.0. The van der Waals surface area contributed by atoms with Crippen molar-refractivity contribution < 1.29 is 14.3 Å². The van der Waals surface area contributed by atoms with Crippen molar-refractivity contribution >= 4 is 28.6 Å². The first-order valence-electron chi connectivity index (χ1n) is 7.80. The highest BCUT2D eigenvalue weighted by molar-refractivity contribution is 5.99. The van der Waals surface area contributed by atoms with Crippen LogP contribution in [0.5, 0.6) is 0 Å². The van der Waals surface area contributed by atoms with Crippen LogP contribution in [0.25, 0.3) is 11.0 Å². The van der Waals surface area contributed by atoms with Crippen LogP contribution in [-0.2, 0) is 9.53 Å². The predicted octanol–water partition coefficient (Wildman–Crippen LogP) is 2.69. The molecule has 7 nitrogen and oxygen atoms in total. The first-order valence-corrected chi connectivity index (χ1v) is 7.80. The summed E-state index contributed by atoms with van der Waals surface area (Å²) in [6, 6.07) is 13.4. The molecule has 3 rings (SSSR count). The molecule has 0 spiro atoms. The number of esters is 1. The first-order chi connectivity index (χ1) is 12.6. The topological polar surface area (TPSA) is 105 Å². The third-order valence-electron chi connectivity index (χ3n) is 3.66. The Morgan fingerprint density at radius 1 is 1.12 bits per heavy atom. The molecule has 0 aliphatic carbocycles. The Morgan fingerprint density at radius 2 is 1.85 bits per heavy atom. The SMILES string of the molecule is C[C@@H](OC(=O)c1ccc2nccnc2c1)C(=O)Nc1ccccc1C#N. The minimum atomic E-state index is -1.04. The average Bonchev–Trinajstić information content (AvgIpc) is 2.67. The number of amides is 1. The van der Waals surface area contributed by atoms with Crippen LogP contribution in [0.2, 0.25) is 0 Å². The summed E-state index contributed by atoms with van der Waals surface area (Å²) in [5.74, 6) is -1.17. The number of hydrogen-bond acceptors (Lipinski definition) is 6. The van der Waals surface area contributed by atoms with Gasteiger partial charge in [0.15, 0.2) is 6.10 Å². The molecule has 0 bridgehead atoms. The van der Waals surface area contributed by atoms with Crippen molar-refractivity contribution in [2.75, 3.05) is 5.32 Å². The van der Waals surface area contributed by atoms with Crippen LogP contribution < -0.4 is 5.32 Å². The van der Waals surface area contributed by atoms with Gasteiger partial charge in [0.1, 0.15) is 6.07 Å². The number of nitriles is 1. The van der Waals surface area contributed by atoms with E-state index in [-0.39, 0.29) is 5.56 Å². The van der Waals surface area contributed by atoms with Gasteiger partial charge in [-0.15, -0.1) is 0 Å². The number of para-hydroxylation sites is 1. The van der Waals surface area contributed by atoms with Crippen LogP contribution >= 0.6 is 0 Å². The van der Waals surface area contributed by atoms with Gasteiger partial charge in [0.05, 0.1) is 27.8 Å². The van der Waals surface area contributed by atoms with Gasteiger partial charge >= 0.3 is 5.97 Å². The molecule has 0 unspecified atom stereocenters. The molecular formula is C19H14N4O3. The van der Waals surface area contributed by atoms with Crippen molar-refractivity contribution in [2.45, 2.75) is 13.0 Å². The monoisotopic (exact) mass is 346 g/mol. The number of carbonyl (C=O) groups excluding carboxylic acids is 2. The van der Waals surface area contributed by atoms with Gasteiger partial charge in [0.2, 0.25) is 0 Å². The van der Waals surface area contributed by atoms with E-state index in [1.165, 1.54) is 13.1 Å². The number of fused-ring (bicyclic) bond motifs is 1. The van der Waals surface area contributed by atoms with E-state index in [0.29, 0.717) is 22.3 Å². The zero-order valence-electron chi connectivity index (χ0n) is 13.8. The van der Waals surface area contributed by atoms with Crippen LogP contribution in [-0.4, -0.2) is 27.9 Å². The molecule has 26 heavy (non-hydrogen) atoms. The van der Waals surface area contributed by atoms with Gasteiger partial charge in [0, 0.05) is 12.4 Å². The molecule has 1 aromatic heterocycles. The molecule has 0 radical (unpaired) electrons. The van der Waals surface area contributed by atoms with Gasteiger partial charge in [-0.1, -0.05) is 12.1 Å². The number of nitrogens with zero attached hydrogens (tertiary/aromatic N) is 3. The molecular weight excluding hydrogens is 332 g/mol. The largest absolute Gasteiger partial charge is 0.449 e. The molecule has 0 fully saturated rings. The normalized spacial score (nSPS) is 11.4. The van der Waals surface area contributed by atoms with Gasteiger partial charge in [0.25, 0.3) is 5.91 Å². The van der Waals surface area contributed by atoms with Gasteiger partial charge in [-0.25, -0.2) is 4.79 Å². The second kappa shape index (κ2) is 7.40. The molecule has 0 aliphatic heterocycles. The number of anilines is 1. The number of hydrogen-bond donors (Lipinski definition) is 1. The van der Waals surface area contributed by atoms with Crippen LogP contribution in [0.4, 0.5) is 5.69 Å². The van der Waals surface area contributed by atoms with Crippen molar-refractivity contribution in [3.63, 3.8) is 0 Å². The Morgan fingerprint density at radius 3 is 2.62 bits per heavy atom. The zero-order chi connectivity index (χ0) is 18.5. The van der Waals surface area contributed by atoms with Crippen molar-refractivity contribution in [1.29, 1.82) is 5.26 Å². The van der Waals surface area contributed by atoms with Crippen LogP contribution in [0, 0.1) is 11.3 Å². The summed E-state index contributed by atoms with van der Waals surface area (Å²) in [7, 11) is 0. The maximum Gasteiger partial charge on any atom is 0.338 e. The van der Waals surface area contributed by atoms with Crippen molar-refractivity contribution in [3.05, 3.63) is 66.0 Å². The van der Waals surface area contributed by atoms with Crippen molar-refractivity contribution in [2.24, 2.45) is 0 Å². The maximum absolute atomic E-state index is 12.3. The smallest absolute Gasteiger partial charge is 0.338 e. The minimum absolute atomic E-state index is 0.273. The van der Waals surface area contributed by atoms with Gasteiger partial charge in [-0.3, -0.25) is 14.8 Å². The fraction of sp³-hybridized carbons (Fsp3) is 0.105. The summed E-state index contributed by atoms with van der Waals surface area (Å²) in [4.78, 5) is 32.8. The van der Waals surface area contributed by atoms with E-state index in [4.69, 9.17) is 10.00 Å². The lowest BCUT2D eigenvalue weighted by molar-refractivity contribution is -0.123. The zero-order valence-corrected chi connectivity index (χ0v) is 13.8. The fourth-order valence-electron chi connectivity index (χ4n) is 2.30. The third-order valence-corrected chi connectivity index (χ3v) is 3.66. The standard InChI is InChI=1S/C19H14N4O3/c1-12(18(24)23-15-5-3-2-4-14(15)11-20)26-19(25)13-6-7-16-17(10-13)22-9-8-21-16/h2-10,12H,1H3,(H,23,24)/t12-/m1/s1. The number of ether oxygens (including phenoxy) is 1. The quantitative estimate of drug-likeness (QED) is 0.728. The Labute approximate surface area is 149 Å². The van der Waals surface area contributed by atoms with E-state index in [9.17, 15) is 9.59 Å². The maximum atomic E-state index is 12.3. The molecule has 1 atom stereocenters. The number of nitrogens with one attached hydrogen (secondary N) is 1. The molecule has 0 saturated heterocycles. The van der Waals surface area contributed by atoms with E-state index in [2.05, 4.69) is 15.3 Å². The van der Waals surface area contributed by atoms with Crippen LogP contribution in [0.3, 0.4) is 0 Å². The lowest BCUT2D eigenvalue weighted by Gasteiger charge is -2.14. The fourth-order valence-corrected chi connectivity index (χ4v) is 2.30. The van der Waals surface area contributed by atoms with Crippen molar-refractivity contribution in [1.82, 2.24) is 9.97 Å². The molecule has 1 heterocycles. The summed E-state index contributed by atoms with van der Waals surface area (Å²) in [5, 5.41) is 11.6. The summed E-state index contributed by atoms with van der Waals surface area (Å²) in [6.07, 6.45) is 2.05. The molecule has 2 aromatic carbocycles. The van der Waals surface area contributed by atoms with Gasteiger partial charge < -0.3 is 10.1 Å². The third kappa shape index (κ3) is 3.65. The average molecular weight is 346 g/mol. The predicted molar refractivity (Wildman–Crippen MR) is 94.2 cm³/mol. The molecule has 0 aliphatic rings. The highest BCUT2D eigenvalue weighted by Gasteiger charge is 2.20. The van der Waals surface area contributed by atoms with Crippen LogP contribution in [0.1, 0.15) is 22.8 Å². The van der Waals surface area contributed by atoms with Crippen LogP contribution in [0.15, 0.2) is 54.9 Å². The molecule has 1 N–H and O–H groups in total. The second-order valence-corrected chi connectivity index (χ2v) is 5.45. The van der Waals surface area contributed by atoms with E-state index in [1.54, 1.807) is 48.7 Å². The van der Waals surface area contributed by atoms with Crippen molar-refractivity contribution in [3.8, 4) is 6.07 Å². The van der Waals surface area contributed by atoms with E-state index < -0.39 is 18.0 Å². The molecule has 7 heteroatoms. The van der Waals surface area contributed by atoms with E-state index in [0.717, 1.165) is 0 Å². The lowest BCUT2D eigenvalue weighted by Crippen LogP contribution is -2.30. The van der Waals surface area contributed by atoms with E-state index >= 15 is 0 Å². The lowest BCUT2D eigenvalue weighted by atomic mass is 10.2. The molecule has 128 valence electrons. The van der Waals surface area contributed by atoms with Gasteiger partial charge in [-0.2, -0.15) is 5.26 Å². The summed E-state index contributed by atoms with van der Waals surface area (Å²) in [6.45, 7) is 1.46. The Hall–Kier alpha value is -3.79. The number of aromatic nitrogens is 2. The number of rotatable bonds is 4. The Kier molecular flexibility index (Phi) is 4.85. The Bertz CT molecular complexity index is 1030. The van der Waals surface area contributed by atoms with Gasteiger partial charge in [-0.05, 0) is 37.3 Å². The number of carbonyl (C=O) groups is 2. The molecule has 3 aromatic rings. The summed E-state index contributed by atoms with van der Waals surface area (Å²) < 4.78 is 5.21. The molecule has 0 saturated carbocycles.